The molecule has 9 nitrogen and oxygen atoms in total. The first-order chi connectivity index (χ1) is 15.5. The van der Waals surface area contributed by atoms with Crippen molar-refractivity contribution in [1.29, 1.82) is 0 Å². The minimum Gasteiger partial charge on any atom is -0.324 e. The Morgan fingerprint density at radius 1 is 1.12 bits per heavy atom. The lowest BCUT2D eigenvalue weighted by atomic mass is 10.0. The summed E-state index contributed by atoms with van der Waals surface area (Å²) in [5.74, 6) is -0.622. The highest BCUT2D eigenvalue weighted by atomic mass is 32.2. The van der Waals surface area contributed by atoms with Crippen LogP contribution in [0.25, 0.3) is 0 Å². The molecule has 0 radical (unpaired) electrons. The summed E-state index contributed by atoms with van der Waals surface area (Å²) in [6.45, 7) is 5.89. The second kappa shape index (κ2) is 10.0. The molecular formula is C22H28N4O5S2. The maximum atomic E-state index is 13.0. The molecular weight excluding hydrogens is 464 g/mol. The smallest absolute Gasteiger partial charge is 0.263 e. The van der Waals surface area contributed by atoms with E-state index in [4.69, 9.17) is 0 Å². The summed E-state index contributed by atoms with van der Waals surface area (Å²) in [7, 11) is -7.43. The molecule has 3 rings (SSSR count). The van der Waals surface area contributed by atoms with Crippen molar-refractivity contribution >= 4 is 37.5 Å². The second-order valence-electron chi connectivity index (χ2n) is 8.04. The van der Waals surface area contributed by atoms with Gasteiger partial charge in [0.2, 0.25) is 15.9 Å². The van der Waals surface area contributed by atoms with Crippen molar-refractivity contribution in [3.63, 3.8) is 0 Å². The third-order valence-corrected chi connectivity index (χ3v) is 7.92. The summed E-state index contributed by atoms with van der Waals surface area (Å²) >= 11 is 0. The van der Waals surface area contributed by atoms with E-state index in [0.29, 0.717) is 17.8 Å². The van der Waals surface area contributed by atoms with E-state index in [1.165, 1.54) is 18.2 Å². The average molecular weight is 493 g/mol. The first-order valence-electron chi connectivity index (χ1n) is 10.7. The van der Waals surface area contributed by atoms with Crippen molar-refractivity contribution in [3.05, 3.63) is 54.1 Å². The molecule has 11 heteroatoms. The lowest BCUT2D eigenvalue weighted by Gasteiger charge is -2.18. The SMILES string of the molecule is CCCCNS(=O)(=O)c1cccc(NC(=O)[C@H](N=C2NS(=O)(=O)c3ccccc32)C(C)C)c1. The number of aliphatic imine (C=N–C) groups is 1. The molecule has 0 bridgehead atoms. The monoisotopic (exact) mass is 492 g/mol. The number of nitrogens with zero attached hydrogens (tertiary/aromatic N) is 1. The van der Waals surface area contributed by atoms with Crippen LogP contribution in [0.3, 0.4) is 0 Å². The molecule has 0 spiro atoms. The number of carbonyl (C=O) groups is 1. The zero-order chi connectivity index (χ0) is 24.2. The Kier molecular flexibility index (Phi) is 7.55. The molecule has 0 unspecified atom stereocenters. The van der Waals surface area contributed by atoms with Gasteiger partial charge in [0, 0.05) is 17.8 Å². The van der Waals surface area contributed by atoms with Gasteiger partial charge in [-0.1, -0.05) is 45.4 Å². The van der Waals surface area contributed by atoms with E-state index >= 15 is 0 Å². The van der Waals surface area contributed by atoms with Crippen molar-refractivity contribution in [2.75, 3.05) is 11.9 Å². The van der Waals surface area contributed by atoms with Crippen molar-refractivity contribution in [3.8, 4) is 0 Å². The Balaban J connectivity index is 1.84. The van der Waals surface area contributed by atoms with Gasteiger partial charge in [-0.05, 0) is 42.7 Å². The number of fused-ring (bicyclic) bond motifs is 1. The summed E-state index contributed by atoms with van der Waals surface area (Å²) in [5, 5.41) is 2.71. The van der Waals surface area contributed by atoms with Gasteiger partial charge in [-0.15, -0.1) is 0 Å². The van der Waals surface area contributed by atoms with E-state index in [9.17, 15) is 21.6 Å². The molecule has 1 amide bonds. The molecule has 0 saturated carbocycles. The molecule has 33 heavy (non-hydrogen) atoms. The molecule has 1 aliphatic heterocycles. The van der Waals surface area contributed by atoms with Crippen LogP contribution in [-0.4, -0.2) is 41.2 Å². The van der Waals surface area contributed by atoms with Gasteiger partial charge in [-0.25, -0.2) is 21.6 Å². The lowest BCUT2D eigenvalue weighted by Crippen LogP contribution is -2.34. The maximum Gasteiger partial charge on any atom is 0.263 e. The summed E-state index contributed by atoms with van der Waals surface area (Å²) in [4.78, 5) is 17.6. The number of unbranched alkanes of at least 4 members (excludes halogenated alkanes) is 1. The summed E-state index contributed by atoms with van der Waals surface area (Å²) in [6.07, 6.45) is 1.58. The predicted molar refractivity (Wildman–Crippen MR) is 127 cm³/mol. The molecule has 1 atom stereocenters. The van der Waals surface area contributed by atoms with Gasteiger partial charge >= 0.3 is 0 Å². The van der Waals surface area contributed by atoms with Crippen LogP contribution in [0, 0.1) is 5.92 Å². The second-order valence-corrected chi connectivity index (χ2v) is 11.5. The van der Waals surface area contributed by atoms with Crippen LogP contribution < -0.4 is 14.8 Å². The molecule has 3 N–H and O–H groups in total. The number of hydrogen-bond acceptors (Lipinski definition) is 6. The van der Waals surface area contributed by atoms with Gasteiger partial charge in [-0.2, -0.15) is 0 Å². The van der Waals surface area contributed by atoms with Crippen LogP contribution in [-0.2, 0) is 24.8 Å². The van der Waals surface area contributed by atoms with Crippen LogP contribution in [0.15, 0.2) is 63.3 Å². The highest BCUT2D eigenvalue weighted by Gasteiger charge is 2.32. The van der Waals surface area contributed by atoms with Crippen LogP contribution in [0.5, 0.6) is 0 Å². The zero-order valence-corrected chi connectivity index (χ0v) is 20.3. The van der Waals surface area contributed by atoms with Gasteiger partial charge in [0.25, 0.3) is 10.0 Å². The van der Waals surface area contributed by atoms with E-state index in [1.807, 2.05) is 6.92 Å². The normalized spacial score (nSPS) is 16.9. The van der Waals surface area contributed by atoms with Crippen molar-refractivity contribution in [1.82, 2.24) is 9.44 Å². The summed E-state index contributed by atoms with van der Waals surface area (Å²) in [6, 6.07) is 11.5. The quantitative estimate of drug-likeness (QED) is 0.463. The van der Waals surface area contributed by atoms with Crippen LogP contribution in [0.4, 0.5) is 5.69 Å². The Bertz CT molecular complexity index is 1270. The molecule has 0 aromatic heterocycles. The van der Waals surface area contributed by atoms with E-state index in [1.54, 1.807) is 44.2 Å². The standard InChI is InChI=1S/C22H28N4O5S2/c1-4-5-13-23-32(28,29)17-10-8-9-16(14-17)24-22(27)20(15(2)3)25-21-18-11-6-7-12-19(18)33(30,31)26-21/h6-12,14-15,20,23H,4-5,13H2,1-3H3,(H,24,27)(H,25,26)/t20-/m1/s1. The highest BCUT2D eigenvalue weighted by molar-refractivity contribution is 7.90. The minimum atomic E-state index is -3.73. The fraction of sp³-hybridized carbons (Fsp3) is 0.364. The molecule has 0 aliphatic carbocycles. The lowest BCUT2D eigenvalue weighted by molar-refractivity contribution is -0.118. The van der Waals surface area contributed by atoms with Gasteiger partial charge in [0.15, 0.2) is 0 Å². The topological polar surface area (TPSA) is 134 Å². The minimum absolute atomic E-state index is 0.0429. The van der Waals surface area contributed by atoms with Crippen molar-refractivity contribution in [2.24, 2.45) is 10.9 Å². The average Bonchev–Trinajstić information content (AvgIpc) is 3.02. The number of anilines is 1. The number of hydrogen-bond donors (Lipinski definition) is 3. The largest absolute Gasteiger partial charge is 0.324 e. The van der Waals surface area contributed by atoms with Gasteiger partial charge in [-0.3, -0.25) is 14.5 Å². The molecule has 2 aromatic rings. The third-order valence-electron chi connectivity index (χ3n) is 5.07. The van der Waals surface area contributed by atoms with Gasteiger partial charge in [0.1, 0.15) is 11.9 Å². The van der Waals surface area contributed by atoms with Crippen LogP contribution in [0.2, 0.25) is 0 Å². The van der Waals surface area contributed by atoms with Gasteiger partial charge < -0.3 is 5.32 Å². The zero-order valence-electron chi connectivity index (χ0n) is 18.7. The Hall–Kier alpha value is -2.76. The summed E-state index contributed by atoms with van der Waals surface area (Å²) in [5.41, 5.74) is 0.707. The first kappa shape index (κ1) is 24.9. The first-order valence-corrected chi connectivity index (χ1v) is 13.6. The Morgan fingerprint density at radius 2 is 1.85 bits per heavy atom. The Morgan fingerprint density at radius 3 is 2.55 bits per heavy atom. The number of nitrogens with one attached hydrogen (secondary N) is 3. The predicted octanol–water partition coefficient (Wildman–Crippen LogP) is 2.47. The molecule has 2 aromatic carbocycles. The van der Waals surface area contributed by atoms with E-state index in [0.717, 1.165) is 12.8 Å². The number of carbonyl (C=O) groups excluding carboxylic acids is 1. The number of amidine groups is 1. The van der Waals surface area contributed by atoms with E-state index in [2.05, 4.69) is 19.8 Å². The fourth-order valence-electron chi connectivity index (χ4n) is 3.30. The number of rotatable bonds is 9. The number of amides is 1. The number of benzene rings is 2. The molecule has 0 fully saturated rings. The highest BCUT2D eigenvalue weighted by Crippen LogP contribution is 2.24. The Labute approximate surface area is 194 Å². The molecule has 1 aliphatic rings. The molecule has 178 valence electrons. The maximum absolute atomic E-state index is 13.0. The summed E-state index contributed by atoms with van der Waals surface area (Å²) < 4.78 is 54.6. The van der Waals surface area contributed by atoms with Gasteiger partial charge in [0.05, 0.1) is 9.79 Å². The van der Waals surface area contributed by atoms with E-state index in [-0.39, 0.29) is 21.5 Å². The van der Waals surface area contributed by atoms with Crippen LogP contribution >= 0.6 is 0 Å². The van der Waals surface area contributed by atoms with Crippen molar-refractivity contribution in [2.45, 2.75) is 49.4 Å². The fourth-order valence-corrected chi connectivity index (χ4v) is 5.66. The molecule has 0 saturated heterocycles. The number of sulfonamides is 2. The third kappa shape index (κ3) is 5.79. The molecule has 1 heterocycles. The van der Waals surface area contributed by atoms with Crippen molar-refractivity contribution < 1.29 is 21.6 Å². The van der Waals surface area contributed by atoms with E-state index < -0.39 is 32.0 Å². The van der Waals surface area contributed by atoms with Crippen LogP contribution in [0.1, 0.15) is 39.2 Å².